The predicted octanol–water partition coefficient (Wildman–Crippen LogP) is 2.47. The first kappa shape index (κ1) is 11.3. The topological polar surface area (TPSA) is 38.7 Å². The Kier molecular flexibility index (Phi) is 3.06. The number of methoxy groups -OCH3 is 1. The summed E-state index contributed by atoms with van der Waals surface area (Å²) in [5.74, 6) is 1.53. The number of aliphatic hydroxyl groups is 1. The Labute approximate surface area is 96.0 Å². The first-order valence-corrected chi connectivity index (χ1v) is 5.73. The molecule has 1 aliphatic rings. The van der Waals surface area contributed by atoms with Gasteiger partial charge in [0.15, 0.2) is 0 Å². The molecule has 0 atom stereocenters. The summed E-state index contributed by atoms with van der Waals surface area (Å²) in [5.41, 5.74) is 0.152. The van der Waals surface area contributed by atoms with Crippen molar-refractivity contribution < 1.29 is 14.6 Å². The summed E-state index contributed by atoms with van der Waals surface area (Å²) < 4.78 is 10.7. The van der Waals surface area contributed by atoms with Gasteiger partial charge in [-0.05, 0) is 44.4 Å². The fraction of sp³-hybridized carbons (Fsp3) is 0.538. The molecule has 1 aromatic carbocycles. The fourth-order valence-electron chi connectivity index (χ4n) is 2.06. The van der Waals surface area contributed by atoms with Crippen LogP contribution in [0.3, 0.4) is 0 Å². The van der Waals surface area contributed by atoms with Gasteiger partial charge in [-0.25, -0.2) is 0 Å². The number of benzene rings is 1. The summed E-state index contributed by atoms with van der Waals surface area (Å²) in [4.78, 5) is 0. The molecule has 0 heterocycles. The fourth-order valence-corrected chi connectivity index (χ4v) is 2.06. The van der Waals surface area contributed by atoms with Crippen LogP contribution in [0.5, 0.6) is 11.5 Å². The van der Waals surface area contributed by atoms with Gasteiger partial charge < -0.3 is 14.6 Å². The van der Waals surface area contributed by atoms with Crippen LogP contribution in [-0.2, 0) is 5.60 Å². The van der Waals surface area contributed by atoms with Gasteiger partial charge in [-0.3, -0.25) is 0 Å². The van der Waals surface area contributed by atoms with E-state index in [4.69, 9.17) is 9.47 Å². The lowest BCUT2D eigenvalue weighted by molar-refractivity contribution is -0.0408. The van der Waals surface area contributed by atoms with E-state index in [2.05, 4.69) is 0 Å². The van der Waals surface area contributed by atoms with E-state index in [0.717, 1.165) is 36.3 Å². The van der Waals surface area contributed by atoms with Crippen molar-refractivity contribution in [3.63, 3.8) is 0 Å². The van der Waals surface area contributed by atoms with Crippen molar-refractivity contribution in [2.45, 2.75) is 31.8 Å². The zero-order valence-electron chi connectivity index (χ0n) is 9.82. The molecule has 0 amide bonds. The number of hydrogen-bond acceptors (Lipinski definition) is 3. The van der Waals surface area contributed by atoms with E-state index in [1.54, 1.807) is 7.11 Å². The Morgan fingerprint density at radius 1 is 1.38 bits per heavy atom. The molecule has 0 radical (unpaired) electrons. The van der Waals surface area contributed by atoms with Gasteiger partial charge in [-0.1, -0.05) is 0 Å². The van der Waals surface area contributed by atoms with Gasteiger partial charge in [-0.2, -0.15) is 0 Å². The van der Waals surface area contributed by atoms with Crippen LogP contribution in [0.4, 0.5) is 0 Å². The number of ether oxygens (including phenoxy) is 2. The third-order valence-electron chi connectivity index (χ3n) is 3.17. The maximum absolute atomic E-state index is 10.4. The molecule has 0 unspecified atom stereocenters. The molecule has 0 saturated heterocycles. The van der Waals surface area contributed by atoms with Crippen LogP contribution in [-0.4, -0.2) is 18.8 Å². The van der Waals surface area contributed by atoms with Crippen LogP contribution in [0, 0.1) is 0 Å². The highest BCUT2D eigenvalue weighted by Crippen LogP contribution is 2.45. The van der Waals surface area contributed by atoms with E-state index in [1.807, 2.05) is 25.1 Å². The monoisotopic (exact) mass is 222 g/mol. The minimum atomic E-state index is -0.709. The summed E-state index contributed by atoms with van der Waals surface area (Å²) >= 11 is 0. The number of hydrogen-bond donors (Lipinski definition) is 1. The van der Waals surface area contributed by atoms with Crippen molar-refractivity contribution in [3.8, 4) is 11.5 Å². The highest BCUT2D eigenvalue weighted by Gasteiger charge is 2.38. The Hall–Kier alpha value is -1.22. The molecule has 0 aliphatic heterocycles. The summed E-state index contributed by atoms with van der Waals surface area (Å²) in [6, 6.07) is 5.61. The second kappa shape index (κ2) is 4.34. The van der Waals surface area contributed by atoms with Gasteiger partial charge in [0.25, 0.3) is 0 Å². The van der Waals surface area contributed by atoms with Gasteiger partial charge in [-0.15, -0.1) is 0 Å². The quantitative estimate of drug-likeness (QED) is 0.850. The molecule has 1 aliphatic carbocycles. The zero-order valence-corrected chi connectivity index (χ0v) is 9.82. The van der Waals surface area contributed by atoms with Crippen LogP contribution in [0.2, 0.25) is 0 Å². The molecule has 88 valence electrons. The first-order chi connectivity index (χ1) is 7.69. The van der Waals surface area contributed by atoms with E-state index >= 15 is 0 Å². The summed E-state index contributed by atoms with van der Waals surface area (Å²) in [5, 5.41) is 10.4. The standard InChI is InChI=1S/C13H18O3/c1-3-16-12-6-5-10(15-2)9-11(12)13(14)7-4-8-13/h5-6,9,14H,3-4,7-8H2,1-2H3. The Morgan fingerprint density at radius 3 is 2.62 bits per heavy atom. The molecule has 16 heavy (non-hydrogen) atoms. The molecule has 0 bridgehead atoms. The van der Waals surface area contributed by atoms with Gasteiger partial charge in [0.05, 0.1) is 19.3 Å². The van der Waals surface area contributed by atoms with Crippen LogP contribution >= 0.6 is 0 Å². The molecule has 1 N–H and O–H groups in total. The van der Waals surface area contributed by atoms with Crippen molar-refractivity contribution in [2.24, 2.45) is 0 Å². The van der Waals surface area contributed by atoms with E-state index in [-0.39, 0.29) is 0 Å². The molecule has 0 spiro atoms. The maximum Gasteiger partial charge on any atom is 0.125 e. The largest absolute Gasteiger partial charge is 0.497 e. The van der Waals surface area contributed by atoms with Crippen molar-refractivity contribution in [3.05, 3.63) is 23.8 Å². The van der Waals surface area contributed by atoms with Crippen molar-refractivity contribution in [2.75, 3.05) is 13.7 Å². The van der Waals surface area contributed by atoms with Crippen molar-refractivity contribution in [1.29, 1.82) is 0 Å². The molecular formula is C13H18O3. The zero-order chi connectivity index (χ0) is 11.6. The Morgan fingerprint density at radius 2 is 2.12 bits per heavy atom. The minimum Gasteiger partial charge on any atom is -0.497 e. The lowest BCUT2D eigenvalue weighted by atomic mass is 9.75. The Bertz CT molecular complexity index is 369. The summed E-state index contributed by atoms with van der Waals surface area (Å²) in [7, 11) is 1.63. The van der Waals surface area contributed by atoms with E-state index in [1.165, 1.54) is 0 Å². The van der Waals surface area contributed by atoms with Crippen LogP contribution in [0.1, 0.15) is 31.7 Å². The molecular weight excluding hydrogens is 204 g/mol. The van der Waals surface area contributed by atoms with Crippen LogP contribution < -0.4 is 9.47 Å². The van der Waals surface area contributed by atoms with Gasteiger partial charge in [0, 0.05) is 5.56 Å². The maximum atomic E-state index is 10.4. The molecule has 2 rings (SSSR count). The predicted molar refractivity (Wildman–Crippen MR) is 61.9 cm³/mol. The third-order valence-corrected chi connectivity index (χ3v) is 3.17. The van der Waals surface area contributed by atoms with Gasteiger partial charge in [0.2, 0.25) is 0 Å². The molecule has 3 nitrogen and oxygen atoms in total. The summed E-state index contributed by atoms with van der Waals surface area (Å²) in [6.07, 6.45) is 2.68. The smallest absolute Gasteiger partial charge is 0.125 e. The van der Waals surface area contributed by atoms with Crippen molar-refractivity contribution >= 4 is 0 Å². The third kappa shape index (κ3) is 1.87. The molecule has 1 fully saturated rings. The highest BCUT2D eigenvalue weighted by atomic mass is 16.5. The second-order valence-corrected chi connectivity index (χ2v) is 4.18. The van der Waals surface area contributed by atoms with Crippen LogP contribution in [0.15, 0.2) is 18.2 Å². The SMILES string of the molecule is CCOc1ccc(OC)cc1C1(O)CCC1. The molecule has 3 heteroatoms. The van der Waals surface area contributed by atoms with E-state index in [0.29, 0.717) is 6.61 Å². The highest BCUT2D eigenvalue weighted by molar-refractivity contribution is 5.44. The minimum absolute atomic E-state index is 0.607. The molecule has 1 saturated carbocycles. The number of rotatable bonds is 4. The average Bonchev–Trinajstić information content (AvgIpc) is 2.27. The van der Waals surface area contributed by atoms with Crippen LogP contribution in [0.25, 0.3) is 0 Å². The summed E-state index contributed by atoms with van der Waals surface area (Å²) in [6.45, 7) is 2.55. The molecule has 0 aromatic heterocycles. The van der Waals surface area contributed by atoms with Gasteiger partial charge in [0.1, 0.15) is 11.5 Å². The second-order valence-electron chi connectivity index (χ2n) is 4.18. The molecule has 1 aromatic rings. The average molecular weight is 222 g/mol. The van der Waals surface area contributed by atoms with E-state index < -0.39 is 5.60 Å². The van der Waals surface area contributed by atoms with Gasteiger partial charge >= 0.3 is 0 Å². The lowest BCUT2D eigenvalue weighted by Gasteiger charge is -2.38. The van der Waals surface area contributed by atoms with E-state index in [9.17, 15) is 5.11 Å². The van der Waals surface area contributed by atoms with Crippen molar-refractivity contribution in [1.82, 2.24) is 0 Å². The Balaban J connectivity index is 2.37. The first-order valence-electron chi connectivity index (χ1n) is 5.73. The lowest BCUT2D eigenvalue weighted by Crippen LogP contribution is -2.34. The normalized spacial score (nSPS) is 17.7.